The highest BCUT2D eigenvalue weighted by Crippen LogP contribution is 2.34. The zero-order valence-corrected chi connectivity index (χ0v) is 9.56. The molecule has 2 aliphatic heterocycles. The molecule has 2 fully saturated rings. The fraction of sp³-hybridized carbons (Fsp3) is 0.800. The lowest BCUT2D eigenvalue weighted by molar-refractivity contribution is -0.145. The molecular weight excluding hydrogens is 210 g/mol. The Balaban J connectivity index is 2.05. The minimum atomic E-state index is -0.835. The second-order valence-electron chi connectivity index (χ2n) is 4.76. The minimum absolute atomic E-state index is 0.0612. The number of carbonyl (C=O) groups excluding carboxylic acids is 2. The summed E-state index contributed by atoms with van der Waals surface area (Å²) in [5.74, 6) is -1.10. The summed E-state index contributed by atoms with van der Waals surface area (Å²) >= 11 is 0. The van der Waals surface area contributed by atoms with Gasteiger partial charge < -0.3 is 20.2 Å². The standard InChI is InChI=1S/C10H17N3O3/c1-11-8(14)9(15)13-4-7-3-12(2)5-10(7,16)6-13/h7,16H,3-6H2,1-2H3,(H,11,14)/t7-,10-/m1/s1. The van der Waals surface area contributed by atoms with Crippen molar-refractivity contribution in [2.24, 2.45) is 5.92 Å². The van der Waals surface area contributed by atoms with E-state index in [-0.39, 0.29) is 12.5 Å². The Bertz CT molecular complexity index is 333. The van der Waals surface area contributed by atoms with Crippen LogP contribution in [0.4, 0.5) is 0 Å². The fourth-order valence-corrected chi connectivity index (χ4v) is 2.68. The maximum atomic E-state index is 11.6. The zero-order chi connectivity index (χ0) is 11.9. The van der Waals surface area contributed by atoms with Crippen LogP contribution in [-0.4, -0.2) is 72.6 Å². The Morgan fingerprint density at radius 3 is 2.62 bits per heavy atom. The Morgan fingerprint density at radius 2 is 2.06 bits per heavy atom. The molecule has 0 unspecified atom stereocenters. The zero-order valence-electron chi connectivity index (χ0n) is 9.56. The predicted molar refractivity (Wildman–Crippen MR) is 56.6 cm³/mol. The first-order valence-electron chi connectivity index (χ1n) is 5.38. The summed E-state index contributed by atoms with van der Waals surface area (Å²) in [6, 6.07) is 0. The molecule has 16 heavy (non-hydrogen) atoms. The monoisotopic (exact) mass is 227 g/mol. The van der Waals surface area contributed by atoms with Gasteiger partial charge >= 0.3 is 11.8 Å². The van der Waals surface area contributed by atoms with Gasteiger partial charge in [0.1, 0.15) is 5.60 Å². The fourth-order valence-electron chi connectivity index (χ4n) is 2.68. The van der Waals surface area contributed by atoms with E-state index in [1.54, 1.807) is 0 Å². The third kappa shape index (κ3) is 1.68. The van der Waals surface area contributed by atoms with Gasteiger partial charge in [-0.15, -0.1) is 0 Å². The van der Waals surface area contributed by atoms with Gasteiger partial charge in [-0.25, -0.2) is 0 Å². The van der Waals surface area contributed by atoms with Crippen molar-refractivity contribution in [3.8, 4) is 0 Å². The molecule has 0 radical (unpaired) electrons. The van der Waals surface area contributed by atoms with Gasteiger partial charge in [-0.05, 0) is 7.05 Å². The predicted octanol–water partition coefficient (Wildman–Crippen LogP) is -2.13. The lowest BCUT2D eigenvalue weighted by atomic mass is 9.95. The van der Waals surface area contributed by atoms with Gasteiger partial charge in [-0.2, -0.15) is 0 Å². The number of fused-ring (bicyclic) bond motifs is 1. The Morgan fingerprint density at radius 1 is 1.38 bits per heavy atom. The molecule has 2 rings (SSSR count). The molecule has 2 aliphatic rings. The number of β-amino-alcohol motifs (C(OH)–C–C–N with tert-alkyl or cyclic N) is 1. The largest absolute Gasteiger partial charge is 0.386 e. The summed E-state index contributed by atoms with van der Waals surface area (Å²) in [4.78, 5) is 26.3. The van der Waals surface area contributed by atoms with Gasteiger partial charge in [-0.1, -0.05) is 0 Å². The number of aliphatic hydroxyl groups is 1. The van der Waals surface area contributed by atoms with Crippen molar-refractivity contribution >= 4 is 11.8 Å². The molecule has 2 atom stereocenters. The smallest absolute Gasteiger partial charge is 0.311 e. The molecule has 0 bridgehead atoms. The van der Waals surface area contributed by atoms with Crippen LogP contribution in [0, 0.1) is 5.92 Å². The number of likely N-dealkylation sites (tertiary alicyclic amines) is 2. The molecule has 0 spiro atoms. The van der Waals surface area contributed by atoms with E-state index in [2.05, 4.69) is 5.32 Å². The van der Waals surface area contributed by atoms with Gasteiger partial charge in [0.2, 0.25) is 0 Å². The van der Waals surface area contributed by atoms with Crippen molar-refractivity contribution < 1.29 is 14.7 Å². The number of nitrogens with zero attached hydrogens (tertiary/aromatic N) is 2. The molecule has 2 saturated heterocycles. The number of likely N-dealkylation sites (N-methyl/N-ethyl adjacent to an activating group) is 2. The molecular formula is C10H17N3O3. The van der Waals surface area contributed by atoms with Crippen LogP contribution in [-0.2, 0) is 9.59 Å². The van der Waals surface area contributed by atoms with E-state index in [1.165, 1.54) is 11.9 Å². The number of hydrogen-bond acceptors (Lipinski definition) is 4. The molecule has 2 N–H and O–H groups in total. The van der Waals surface area contributed by atoms with Crippen LogP contribution in [0.1, 0.15) is 0 Å². The second-order valence-corrected chi connectivity index (χ2v) is 4.76. The average molecular weight is 227 g/mol. The number of rotatable bonds is 0. The van der Waals surface area contributed by atoms with Crippen molar-refractivity contribution in [2.45, 2.75) is 5.60 Å². The van der Waals surface area contributed by atoms with Crippen LogP contribution in [0.3, 0.4) is 0 Å². The molecule has 2 amide bonds. The summed E-state index contributed by atoms with van der Waals surface area (Å²) in [6.45, 7) is 2.06. The van der Waals surface area contributed by atoms with Crippen LogP contribution >= 0.6 is 0 Å². The maximum Gasteiger partial charge on any atom is 0.311 e. The highest BCUT2D eigenvalue weighted by molar-refractivity contribution is 6.35. The molecule has 0 aromatic carbocycles. The summed E-state index contributed by atoms with van der Waals surface area (Å²) in [5.41, 5.74) is -0.835. The number of hydrogen-bond donors (Lipinski definition) is 2. The van der Waals surface area contributed by atoms with Gasteiger partial charge in [0.05, 0.1) is 6.54 Å². The van der Waals surface area contributed by atoms with Gasteiger partial charge in [-0.3, -0.25) is 9.59 Å². The van der Waals surface area contributed by atoms with E-state index >= 15 is 0 Å². The first-order valence-corrected chi connectivity index (χ1v) is 5.38. The van der Waals surface area contributed by atoms with Crippen LogP contribution in [0.25, 0.3) is 0 Å². The average Bonchev–Trinajstić information content (AvgIpc) is 2.66. The lowest BCUT2D eigenvalue weighted by Gasteiger charge is -2.22. The van der Waals surface area contributed by atoms with Crippen molar-refractivity contribution in [2.75, 3.05) is 40.3 Å². The lowest BCUT2D eigenvalue weighted by Crippen LogP contribution is -2.45. The second kappa shape index (κ2) is 3.71. The molecule has 6 nitrogen and oxygen atoms in total. The van der Waals surface area contributed by atoms with Crippen LogP contribution in [0.2, 0.25) is 0 Å². The Kier molecular flexibility index (Phi) is 2.63. The first-order chi connectivity index (χ1) is 7.46. The highest BCUT2D eigenvalue weighted by atomic mass is 16.3. The Labute approximate surface area is 94.2 Å². The summed E-state index contributed by atoms with van der Waals surface area (Å²) < 4.78 is 0. The number of carbonyl (C=O) groups is 2. The molecule has 90 valence electrons. The highest BCUT2D eigenvalue weighted by Gasteiger charge is 2.52. The quantitative estimate of drug-likeness (QED) is 0.464. The topological polar surface area (TPSA) is 72.9 Å². The van der Waals surface area contributed by atoms with Crippen molar-refractivity contribution in [3.63, 3.8) is 0 Å². The van der Waals surface area contributed by atoms with E-state index in [0.29, 0.717) is 13.1 Å². The van der Waals surface area contributed by atoms with E-state index in [9.17, 15) is 14.7 Å². The number of nitrogens with one attached hydrogen (secondary N) is 1. The van der Waals surface area contributed by atoms with Crippen LogP contribution in [0.5, 0.6) is 0 Å². The van der Waals surface area contributed by atoms with Crippen LogP contribution < -0.4 is 5.32 Å². The molecule has 0 aromatic rings. The molecule has 0 aliphatic carbocycles. The van der Waals surface area contributed by atoms with Crippen molar-refractivity contribution in [1.29, 1.82) is 0 Å². The van der Waals surface area contributed by atoms with Gasteiger partial charge in [0.25, 0.3) is 0 Å². The van der Waals surface area contributed by atoms with Gasteiger partial charge in [0, 0.05) is 32.6 Å². The molecule has 0 saturated carbocycles. The molecule has 0 aromatic heterocycles. The maximum absolute atomic E-state index is 11.6. The van der Waals surface area contributed by atoms with E-state index in [1.807, 2.05) is 11.9 Å². The first kappa shape index (κ1) is 11.3. The van der Waals surface area contributed by atoms with Crippen LogP contribution in [0.15, 0.2) is 0 Å². The Hall–Kier alpha value is -1.14. The number of amides is 2. The van der Waals surface area contributed by atoms with E-state index in [4.69, 9.17) is 0 Å². The third-order valence-electron chi connectivity index (χ3n) is 3.45. The van der Waals surface area contributed by atoms with E-state index < -0.39 is 17.4 Å². The van der Waals surface area contributed by atoms with Gasteiger partial charge in [0.15, 0.2) is 0 Å². The third-order valence-corrected chi connectivity index (χ3v) is 3.45. The summed E-state index contributed by atoms with van der Waals surface area (Å²) in [5, 5.41) is 12.6. The van der Waals surface area contributed by atoms with Crippen molar-refractivity contribution in [1.82, 2.24) is 15.1 Å². The normalized spacial score (nSPS) is 33.9. The molecule has 6 heteroatoms. The van der Waals surface area contributed by atoms with E-state index in [0.717, 1.165) is 6.54 Å². The molecule has 2 heterocycles. The van der Waals surface area contributed by atoms with Crippen molar-refractivity contribution in [3.05, 3.63) is 0 Å². The summed E-state index contributed by atoms with van der Waals surface area (Å²) in [7, 11) is 3.38. The SMILES string of the molecule is CNC(=O)C(=O)N1C[C@H]2CN(C)C[C@@]2(O)C1. The summed E-state index contributed by atoms with van der Waals surface area (Å²) in [6.07, 6.45) is 0. The minimum Gasteiger partial charge on any atom is -0.386 e.